The number of halogens is 4. The Morgan fingerprint density at radius 1 is 1.07 bits per heavy atom. The molecule has 4 nitrogen and oxygen atoms in total. The Hall–Kier alpha value is -1.86. The Labute approximate surface area is 80.2 Å². The average molecular weight is 225 g/mol. The third-order valence-electron chi connectivity index (χ3n) is 1.59. The van der Waals surface area contributed by atoms with Gasteiger partial charge in [0.25, 0.3) is 0 Å². The van der Waals surface area contributed by atoms with Crippen LogP contribution in [0.4, 0.5) is 23.2 Å². The van der Waals surface area contributed by atoms with Crippen LogP contribution >= 0.6 is 0 Å². The third kappa shape index (κ3) is 1.58. The van der Waals surface area contributed by atoms with E-state index in [9.17, 15) is 27.7 Å². The van der Waals surface area contributed by atoms with Crippen molar-refractivity contribution in [3.05, 3.63) is 33.4 Å². The summed E-state index contributed by atoms with van der Waals surface area (Å²) in [5.74, 6) is -9.42. The maximum Gasteiger partial charge on any atom is 0.346 e. The first kappa shape index (κ1) is 11.2. The topological polar surface area (TPSA) is 52.4 Å². The standard InChI is InChI=1S/C7H3F4NO3/c1-15-7-4(10)2(8)6(12(13)14)3(9)5(7)11/h1H3. The Bertz CT molecular complexity index is 406. The second-order valence-electron chi connectivity index (χ2n) is 2.39. The second kappa shape index (κ2) is 3.71. The van der Waals surface area contributed by atoms with Crippen molar-refractivity contribution in [1.29, 1.82) is 0 Å². The maximum atomic E-state index is 12.9. The molecule has 0 aliphatic heterocycles. The van der Waals surface area contributed by atoms with Crippen LogP contribution in [0, 0.1) is 33.4 Å². The Morgan fingerprint density at radius 2 is 1.47 bits per heavy atom. The van der Waals surface area contributed by atoms with Crippen molar-refractivity contribution in [1.82, 2.24) is 0 Å². The maximum absolute atomic E-state index is 12.9. The van der Waals surface area contributed by atoms with Crippen LogP contribution in [-0.4, -0.2) is 12.0 Å². The van der Waals surface area contributed by atoms with E-state index >= 15 is 0 Å². The molecule has 0 atom stereocenters. The first-order valence-corrected chi connectivity index (χ1v) is 3.46. The molecule has 0 aromatic heterocycles. The van der Waals surface area contributed by atoms with Gasteiger partial charge < -0.3 is 4.74 Å². The first-order chi connectivity index (χ1) is 6.91. The third-order valence-corrected chi connectivity index (χ3v) is 1.59. The molecule has 0 heterocycles. The van der Waals surface area contributed by atoms with Crippen molar-refractivity contribution in [3.8, 4) is 5.75 Å². The minimum atomic E-state index is -2.10. The fraction of sp³-hybridized carbons (Fsp3) is 0.143. The van der Waals surface area contributed by atoms with Gasteiger partial charge in [-0.2, -0.15) is 17.6 Å². The first-order valence-electron chi connectivity index (χ1n) is 3.46. The Kier molecular flexibility index (Phi) is 2.78. The molecular formula is C7H3F4NO3. The van der Waals surface area contributed by atoms with E-state index in [-0.39, 0.29) is 0 Å². The summed E-state index contributed by atoms with van der Waals surface area (Å²) in [5, 5.41) is 10.1. The van der Waals surface area contributed by atoms with E-state index in [1.807, 2.05) is 0 Å². The molecule has 0 unspecified atom stereocenters. The number of hydrogen-bond acceptors (Lipinski definition) is 3. The van der Waals surface area contributed by atoms with Crippen molar-refractivity contribution < 1.29 is 27.2 Å². The normalized spacial score (nSPS) is 10.2. The predicted molar refractivity (Wildman–Crippen MR) is 39.5 cm³/mol. The monoisotopic (exact) mass is 225 g/mol. The predicted octanol–water partition coefficient (Wildman–Crippen LogP) is 2.16. The summed E-state index contributed by atoms with van der Waals surface area (Å²) in [6, 6.07) is 0. The van der Waals surface area contributed by atoms with Gasteiger partial charge in [0, 0.05) is 0 Å². The van der Waals surface area contributed by atoms with E-state index in [0.717, 1.165) is 7.11 Å². The minimum absolute atomic E-state index is 0.770. The molecule has 1 aromatic carbocycles. The zero-order chi connectivity index (χ0) is 11.7. The van der Waals surface area contributed by atoms with E-state index in [4.69, 9.17) is 0 Å². The fourth-order valence-electron chi connectivity index (χ4n) is 0.939. The SMILES string of the molecule is COc1c(F)c(F)c([N+](=O)[O-])c(F)c1F. The fourth-order valence-corrected chi connectivity index (χ4v) is 0.939. The molecule has 8 heteroatoms. The highest BCUT2D eigenvalue weighted by Crippen LogP contribution is 2.33. The van der Waals surface area contributed by atoms with Crippen molar-refractivity contribution >= 4 is 5.69 Å². The van der Waals surface area contributed by atoms with Gasteiger partial charge in [-0.05, 0) is 0 Å². The lowest BCUT2D eigenvalue weighted by molar-refractivity contribution is -0.390. The van der Waals surface area contributed by atoms with Crippen LogP contribution in [0.2, 0.25) is 0 Å². The van der Waals surface area contributed by atoms with Crippen LogP contribution in [-0.2, 0) is 0 Å². The van der Waals surface area contributed by atoms with Gasteiger partial charge in [-0.1, -0.05) is 0 Å². The van der Waals surface area contributed by atoms with Gasteiger partial charge in [0.2, 0.25) is 23.3 Å². The van der Waals surface area contributed by atoms with E-state index in [0.29, 0.717) is 0 Å². The Morgan fingerprint density at radius 3 is 1.73 bits per heavy atom. The van der Waals surface area contributed by atoms with Crippen molar-refractivity contribution in [2.45, 2.75) is 0 Å². The van der Waals surface area contributed by atoms with E-state index in [2.05, 4.69) is 4.74 Å². The quantitative estimate of drug-likeness (QED) is 0.335. The van der Waals surface area contributed by atoms with Crippen LogP contribution in [0.15, 0.2) is 0 Å². The van der Waals surface area contributed by atoms with Crippen LogP contribution in [0.5, 0.6) is 5.75 Å². The number of ether oxygens (including phenoxy) is 1. The summed E-state index contributed by atoms with van der Waals surface area (Å²) < 4.78 is 55.4. The highest BCUT2D eigenvalue weighted by molar-refractivity contribution is 5.42. The highest BCUT2D eigenvalue weighted by Gasteiger charge is 2.33. The lowest BCUT2D eigenvalue weighted by Crippen LogP contribution is -2.05. The highest BCUT2D eigenvalue weighted by atomic mass is 19.2. The van der Waals surface area contributed by atoms with Crippen LogP contribution in [0.3, 0.4) is 0 Å². The molecular weight excluding hydrogens is 222 g/mol. The number of methoxy groups -OCH3 is 1. The van der Waals surface area contributed by atoms with E-state index in [1.54, 1.807) is 0 Å². The van der Waals surface area contributed by atoms with E-state index in [1.165, 1.54) is 0 Å². The molecule has 0 fully saturated rings. The molecule has 15 heavy (non-hydrogen) atoms. The number of nitrogens with zero attached hydrogens (tertiary/aromatic N) is 1. The molecule has 0 aliphatic carbocycles. The molecule has 0 bridgehead atoms. The summed E-state index contributed by atoms with van der Waals surface area (Å²) in [7, 11) is 0.770. The molecule has 0 spiro atoms. The number of hydrogen-bond donors (Lipinski definition) is 0. The smallest absolute Gasteiger partial charge is 0.346 e. The van der Waals surface area contributed by atoms with Gasteiger partial charge in [-0.15, -0.1) is 0 Å². The summed E-state index contributed by atoms with van der Waals surface area (Å²) in [6.45, 7) is 0. The lowest BCUT2D eigenvalue weighted by atomic mass is 10.2. The van der Waals surface area contributed by atoms with Gasteiger partial charge in [0.05, 0.1) is 12.0 Å². The molecule has 0 saturated carbocycles. The zero-order valence-electron chi connectivity index (χ0n) is 7.18. The summed E-state index contributed by atoms with van der Waals surface area (Å²) in [6.07, 6.45) is 0. The van der Waals surface area contributed by atoms with Crippen molar-refractivity contribution in [2.75, 3.05) is 7.11 Å². The number of benzene rings is 1. The Balaban J connectivity index is 3.66. The minimum Gasteiger partial charge on any atom is -0.491 e. The van der Waals surface area contributed by atoms with Gasteiger partial charge in [0.1, 0.15) is 0 Å². The van der Waals surface area contributed by atoms with Gasteiger partial charge in [0.15, 0.2) is 5.75 Å². The summed E-state index contributed by atoms with van der Waals surface area (Å²) in [5.41, 5.74) is -1.88. The van der Waals surface area contributed by atoms with Crippen LogP contribution < -0.4 is 4.74 Å². The van der Waals surface area contributed by atoms with Crippen LogP contribution in [0.25, 0.3) is 0 Å². The zero-order valence-corrected chi connectivity index (χ0v) is 7.18. The summed E-state index contributed by atoms with van der Waals surface area (Å²) >= 11 is 0. The van der Waals surface area contributed by atoms with E-state index < -0.39 is 39.6 Å². The molecule has 0 aliphatic rings. The molecule has 1 rings (SSSR count). The lowest BCUT2D eigenvalue weighted by Gasteiger charge is -2.05. The summed E-state index contributed by atoms with van der Waals surface area (Å²) in [4.78, 5) is 8.54. The van der Waals surface area contributed by atoms with Crippen molar-refractivity contribution in [3.63, 3.8) is 0 Å². The number of nitro benzene ring substituents is 1. The number of nitro groups is 1. The average Bonchev–Trinajstić information content (AvgIpc) is 2.16. The molecule has 82 valence electrons. The molecule has 0 amide bonds. The van der Waals surface area contributed by atoms with Gasteiger partial charge in [-0.25, -0.2) is 0 Å². The molecule has 0 N–H and O–H groups in total. The molecule has 0 radical (unpaired) electrons. The van der Waals surface area contributed by atoms with Crippen molar-refractivity contribution in [2.24, 2.45) is 0 Å². The molecule has 0 saturated heterocycles. The largest absolute Gasteiger partial charge is 0.491 e. The number of rotatable bonds is 2. The van der Waals surface area contributed by atoms with Gasteiger partial charge >= 0.3 is 5.69 Å². The van der Waals surface area contributed by atoms with Gasteiger partial charge in [-0.3, -0.25) is 10.1 Å². The molecule has 1 aromatic rings. The second-order valence-corrected chi connectivity index (χ2v) is 2.39. The van der Waals surface area contributed by atoms with Crippen LogP contribution in [0.1, 0.15) is 0 Å².